The smallest absolute Gasteiger partial charge is 0.0175 e. The van der Waals surface area contributed by atoms with Gasteiger partial charge in [0.1, 0.15) is 0 Å². The second-order valence-corrected chi connectivity index (χ2v) is 4.99. The molecular weight excluding hydrogens is 250 g/mol. The van der Waals surface area contributed by atoms with E-state index in [2.05, 4.69) is 59.4 Å². The Hall–Kier alpha value is -0.340. The average molecular weight is 270 g/mol. The van der Waals surface area contributed by atoms with Crippen LogP contribution in [0, 0.1) is 5.92 Å². The Kier molecular flexibility index (Phi) is 5.96. The summed E-state index contributed by atoms with van der Waals surface area (Å²) in [6.07, 6.45) is 2.43. The lowest BCUT2D eigenvalue weighted by molar-refractivity contribution is 0.504. The van der Waals surface area contributed by atoms with Crippen LogP contribution in [0.2, 0.25) is 0 Å². The van der Waals surface area contributed by atoms with Crippen LogP contribution in [0.25, 0.3) is 0 Å². The van der Waals surface area contributed by atoms with E-state index in [1.54, 1.807) is 0 Å². The van der Waals surface area contributed by atoms with E-state index in [4.69, 9.17) is 0 Å². The lowest BCUT2D eigenvalue weighted by atomic mass is 9.98. The third-order valence-corrected chi connectivity index (χ3v) is 3.09. The Morgan fingerprint density at radius 1 is 1.27 bits per heavy atom. The standard InChI is InChI=1S/C13H20BrN/c1-3-15-9-8-11(2)10-12-4-6-13(14)7-5-12/h4-7,11,15H,3,8-10H2,1-2H3. The molecule has 15 heavy (non-hydrogen) atoms. The summed E-state index contributed by atoms with van der Waals surface area (Å²) >= 11 is 3.45. The first-order valence-electron chi connectivity index (χ1n) is 5.67. The van der Waals surface area contributed by atoms with Crippen molar-refractivity contribution in [3.8, 4) is 0 Å². The first-order chi connectivity index (χ1) is 7.22. The molecule has 1 atom stereocenters. The first-order valence-corrected chi connectivity index (χ1v) is 6.46. The molecule has 1 nitrogen and oxygen atoms in total. The number of halogens is 1. The fraction of sp³-hybridized carbons (Fsp3) is 0.538. The molecule has 0 fully saturated rings. The van der Waals surface area contributed by atoms with Gasteiger partial charge in [-0.25, -0.2) is 0 Å². The number of hydrogen-bond acceptors (Lipinski definition) is 1. The molecular formula is C13H20BrN. The van der Waals surface area contributed by atoms with E-state index in [1.165, 1.54) is 18.4 Å². The van der Waals surface area contributed by atoms with E-state index in [9.17, 15) is 0 Å². The van der Waals surface area contributed by atoms with Crippen molar-refractivity contribution >= 4 is 15.9 Å². The molecule has 0 aliphatic heterocycles. The van der Waals surface area contributed by atoms with Gasteiger partial charge in [0, 0.05) is 4.47 Å². The molecule has 0 heterocycles. The highest BCUT2D eigenvalue weighted by Crippen LogP contribution is 2.15. The summed E-state index contributed by atoms with van der Waals surface area (Å²) in [5, 5.41) is 3.37. The van der Waals surface area contributed by atoms with Gasteiger partial charge in [0.05, 0.1) is 0 Å². The maximum absolute atomic E-state index is 3.45. The summed E-state index contributed by atoms with van der Waals surface area (Å²) < 4.78 is 1.16. The largest absolute Gasteiger partial charge is 0.317 e. The molecule has 1 aromatic rings. The van der Waals surface area contributed by atoms with Crippen molar-refractivity contribution in [3.63, 3.8) is 0 Å². The van der Waals surface area contributed by atoms with E-state index in [0.29, 0.717) is 0 Å². The van der Waals surface area contributed by atoms with Gasteiger partial charge in [-0.3, -0.25) is 0 Å². The van der Waals surface area contributed by atoms with Crippen molar-refractivity contribution in [2.45, 2.75) is 26.7 Å². The van der Waals surface area contributed by atoms with Gasteiger partial charge in [-0.05, 0) is 49.5 Å². The minimum atomic E-state index is 0.755. The molecule has 0 saturated heterocycles. The van der Waals surface area contributed by atoms with Crippen LogP contribution >= 0.6 is 15.9 Å². The number of nitrogens with one attached hydrogen (secondary N) is 1. The van der Waals surface area contributed by atoms with Gasteiger partial charge in [0.15, 0.2) is 0 Å². The molecule has 1 N–H and O–H groups in total. The molecule has 1 aromatic carbocycles. The van der Waals surface area contributed by atoms with Gasteiger partial charge in [-0.2, -0.15) is 0 Å². The summed E-state index contributed by atoms with van der Waals surface area (Å²) in [6.45, 7) is 6.68. The van der Waals surface area contributed by atoms with Crippen molar-refractivity contribution < 1.29 is 0 Å². The molecule has 0 saturated carbocycles. The predicted molar refractivity (Wildman–Crippen MR) is 70.2 cm³/mol. The van der Waals surface area contributed by atoms with Gasteiger partial charge >= 0.3 is 0 Å². The zero-order valence-corrected chi connectivity index (χ0v) is 11.2. The first kappa shape index (κ1) is 12.7. The van der Waals surface area contributed by atoms with E-state index in [1.807, 2.05) is 0 Å². The SMILES string of the molecule is CCNCCC(C)Cc1ccc(Br)cc1. The molecule has 0 aliphatic rings. The summed E-state index contributed by atoms with van der Waals surface area (Å²) in [6, 6.07) is 8.64. The van der Waals surface area contributed by atoms with Crippen molar-refractivity contribution in [1.29, 1.82) is 0 Å². The van der Waals surface area contributed by atoms with Crippen LogP contribution in [0.1, 0.15) is 25.8 Å². The lowest BCUT2D eigenvalue weighted by Gasteiger charge is -2.11. The minimum absolute atomic E-state index is 0.755. The average Bonchev–Trinajstić information content (AvgIpc) is 2.22. The van der Waals surface area contributed by atoms with Gasteiger partial charge in [-0.1, -0.05) is 41.9 Å². The van der Waals surface area contributed by atoms with Crippen LogP contribution in [-0.2, 0) is 6.42 Å². The molecule has 0 spiro atoms. The van der Waals surface area contributed by atoms with Crippen LogP contribution in [0.5, 0.6) is 0 Å². The van der Waals surface area contributed by atoms with Crippen molar-refractivity contribution in [3.05, 3.63) is 34.3 Å². The Balaban J connectivity index is 2.31. The monoisotopic (exact) mass is 269 g/mol. The summed E-state index contributed by atoms with van der Waals surface area (Å²) in [5.41, 5.74) is 1.43. The van der Waals surface area contributed by atoms with Gasteiger partial charge in [-0.15, -0.1) is 0 Å². The molecule has 0 bridgehead atoms. The minimum Gasteiger partial charge on any atom is -0.317 e. The Labute approximate surface area is 101 Å². The second kappa shape index (κ2) is 7.02. The second-order valence-electron chi connectivity index (χ2n) is 4.08. The van der Waals surface area contributed by atoms with Gasteiger partial charge in [0.25, 0.3) is 0 Å². The van der Waals surface area contributed by atoms with Crippen LogP contribution in [0.4, 0.5) is 0 Å². The summed E-state index contributed by atoms with van der Waals surface area (Å²) in [5.74, 6) is 0.755. The molecule has 84 valence electrons. The normalized spacial score (nSPS) is 12.7. The highest BCUT2D eigenvalue weighted by Gasteiger charge is 2.02. The lowest BCUT2D eigenvalue weighted by Crippen LogP contribution is -2.17. The van der Waals surface area contributed by atoms with Crippen LogP contribution in [0.3, 0.4) is 0 Å². The quantitative estimate of drug-likeness (QED) is 0.778. The maximum atomic E-state index is 3.45. The van der Waals surface area contributed by atoms with Crippen molar-refractivity contribution in [1.82, 2.24) is 5.32 Å². The zero-order chi connectivity index (χ0) is 11.1. The van der Waals surface area contributed by atoms with Gasteiger partial charge < -0.3 is 5.32 Å². The Bertz CT molecular complexity index is 268. The molecule has 1 rings (SSSR count). The van der Waals surface area contributed by atoms with Crippen molar-refractivity contribution in [2.24, 2.45) is 5.92 Å². The fourth-order valence-corrected chi connectivity index (χ4v) is 1.91. The summed E-state index contributed by atoms with van der Waals surface area (Å²) in [7, 11) is 0. The molecule has 0 aromatic heterocycles. The summed E-state index contributed by atoms with van der Waals surface area (Å²) in [4.78, 5) is 0. The zero-order valence-electron chi connectivity index (χ0n) is 9.59. The molecule has 0 aliphatic carbocycles. The van der Waals surface area contributed by atoms with E-state index >= 15 is 0 Å². The van der Waals surface area contributed by atoms with Crippen LogP contribution < -0.4 is 5.32 Å². The highest BCUT2D eigenvalue weighted by atomic mass is 79.9. The van der Waals surface area contributed by atoms with Crippen LogP contribution in [-0.4, -0.2) is 13.1 Å². The predicted octanol–water partition coefficient (Wildman–Crippen LogP) is 3.63. The van der Waals surface area contributed by atoms with E-state index in [0.717, 1.165) is 23.5 Å². The topological polar surface area (TPSA) is 12.0 Å². The molecule has 2 heteroatoms. The molecule has 1 unspecified atom stereocenters. The van der Waals surface area contributed by atoms with Crippen LogP contribution in [0.15, 0.2) is 28.7 Å². The third kappa shape index (κ3) is 5.33. The molecule has 0 amide bonds. The number of hydrogen-bond donors (Lipinski definition) is 1. The van der Waals surface area contributed by atoms with E-state index in [-0.39, 0.29) is 0 Å². The molecule has 0 radical (unpaired) electrons. The van der Waals surface area contributed by atoms with E-state index < -0.39 is 0 Å². The Morgan fingerprint density at radius 2 is 1.93 bits per heavy atom. The number of rotatable bonds is 6. The Morgan fingerprint density at radius 3 is 2.53 bits per heavy atom. The third-order valence-electron chi connectivity index (χ3n) is 2.56. The van der Waals surface area contributed by atoms with Gasteiger partial charge in [0.2, 0.25) is 0 Å². The number of benzene rings is 1. The highest BCUT2D eigenvalue weighted by molar-refractivity contribution is 9.10. The maximum Gasteiger partial charge on any atom is 0.0175 e. The fourth-order valence-electron chi connectivity index (χ4n) is 1.65. The van der Waals surface area contributed by atoms with Crippen molar-refractivity contribution in [2.75, 3.05) is 13.1 Å².